The fraction of sp³-hybridized carbons (Fsp3) is 0.400. The minimum absolute atomic E-state index is 0.0658. The van der Waals surface area contributed by atoms with Gasteiger partial charge < -0.3 is 5.32 Å². The molecule has 1 aliphatic carbocycles. The maximum absolute atomic E-state index is 13.2. The van der Waals surface area contributed by atoms with E-state index in [2.05, 4.69) is 10.3 Å². The molecule has 1 N–H and O–H groups in total. The molecule has 7 heteroatoms. The van der Waals surface area contributed by atoms with Crippen LogP contribution in [0.25, 0.3) is 0 Å². The zero-order valence-corrected chi connectivity index (χ0v) is 16.3. The van der Waals surface area contributed by atoms with Gasteiger partial charge in [0, 0.05) is 18.4 Å². The molecule has 1 fully saturated rings. The molecule has 1 aliphatic rings. The molecule has 144 valence electrons. The van der Waals surface area contributed by atoms with Crippen molar-refractivity contribution in [2.24, 2.45) is 0 Å². The number of hydrogen-bond donors (Lipinski definition) is 1. The summed E-state index contributed by atoms with van der Waals surface area (Å²) >= 11 is 0. The van der Waals surface area contributed by atoms with E-state index in [1.54, 1.807) is 18.2 Å². The summed E-state index contributed by atoms with van der Waals surface area (Å²) in [5, 5.41) is 2.99. The Morgan fingerprint density at radius 1 is 1.15 bits per heavy atom. The summed E-state index contributed by atoms with van der Waals surface area (Å²) < 4.78 is 27.5. The second kappa shape index (κ2) is 8.52. The number of carbonyl (C=O) groups excluding carboxylic acids is 1. The van der Waals surface area contributed by atoms with Crippen LogP contribution >= 0.6 is 0 Å². The van der Waals surface area contributed by atoms with E-state index >= 15 is 0 Å². The van der Waals surface area contributed by atoms with Gasteiger partial charge in [-0.2, -0.15) is 0 Å². The van der Waals surface area contributed by atoms with Crippen LogP contribution in [0.3, 0.4) is 0 Å². The van der Waals surface area contributed by atoms with Crippen molar-refractivity contribution in [1.82, 2.24) is 10.3 Å². The summed E-state index contributed by atoms with van der Waals surface area (Å²) in [6, 6.07) is 10.3. The van der Waals surface area contributed by atoms with Crippen LogP contribution in [0.15, 0.2) is 53.7 Å². The van der Waals surface area contributed by atoms with Gasteiger partial charge in [0.1, 0.15) is 11.4 Å². The van der Waals surface area contributed by atoms with Crippen LogP contribution in [-0.4, -0.2) is 31.9 Å². The lowest BCUT2D eigenvalue weighted by Crippen LogP contribution is -2.44. The van der Waals surface area contributed by atoms with Gasteiger partial charge in [-0.15, -0.1) is 0 Å². The second-order valence-electron chi connectivity index (χ2n) is 6.94. The van der Waals surface area contributed by atoms with E-state index < -0.39 is 10.0 Å². The Balaban J connectivity index is 1.86. The Kier molecular flexibility index (Phi) is 6.11. The minimum Gasteiger partial charge on any atom is -0.352 e. The number of nitrogens with zero attached hydrogens (tertiary/aromatic N) is 2. The molecule has 0 atom stereocenters. The van der Waals surface area contributed by atoms with E-state index in [0.29, 0.717) is 5.69 Å². The number of amides is 1. The van der Waals surface area contributed by atoms with E-state index in [9.17, 15) is 13.2 Å². The normalized spacial score (nSPS) is 15.3. The fourth-order valence-electron chi connectivity index (χ4n) is 3.30. The highest BCUT2D eigenvalue weighted by Crippen LogP contribution is 2.24. The molecule has 6 nitrogen and oxygen atoms in total. The van der Waals surface area contributed by atoms with Crippen LogP contribution in [0.2, 0.25) is 0 Å². The number of hydrogen-bond acceptors (Lipinski definition) is 4. The zero-order valence-electron chi connectivity index (χ0n) is 15.5. The van der Waals surface area contributed by atoms with Crippen LogP contribution in [0, 0.1) is 6.92 Å². The van der Waals surface area contributed by atoms with Gasteiger partial charge in [0.15, 0.2) is 0 Å². The topological polar surface area (TPSA) is 79.4 Å². The first-order valence-corrected chi connectivity index (χ1v) is 10.7. The largest absolute Gasteiger partial charge is 0.352 e. The number of carbonyl (C=O) groups is 1. The molecular weight excluding hydrogens is 362 g/mol. The second-order valence-corrected chi connectivity index (χ2v) is 8.80. The third-order valence-electron chi connectivity index (χ3n) is 4.80. The third-order valence-corrected chi connectivity index (χ3v) is 6.56. The molecule has 0 aliphatic heterocycles. The molecule has 0 unspecified atom stereocenters. The number of aryl methyl sites for hydroxylation is 1. The summed E-state index contributed by atoms with van der Waals surface area (Å²) in [5.74, 6) is -0.282. The highest BCUT2D eigenvalue weighted by molar-refractivity contribution is 7.92. The average molecular weight is 388 g/mol. The van der Waals surface area contributed by atoms with Gasteiger partial charge in [-0.05, 0) is 44.0 Å². The van der Waals surface area contributed by atoms with Crippen LogP contribution in [0.4, 0.5) is 5.69 Å². The molecule has 2 aromatic rings. The number of rotatable bonds is 6. The Hall–Kier alpha value is -2.41. The fourth-order valence-corrected chi connectivity index (χ4v) is 4.69. The van der Waals surface area contributed by atoms with E-state index in [1.165, 1.54) is 24.9 Å². The first-order valence-electron chi connectivity index (χ1n) is 9.25. The number of pyridine rings is 1. The van der Waals surface area contributed by atoms with Crippen molar-refractivity contribution in [2.75, 3.05) is 10.8 Å². The van der Waals surface area contributed by atoms with Crippen molar-refractivity contribution in [1.29, 1.82) is 0 Å². The zero-order chi connectivity index (χ0) is 19.3. The number of sulfonamides is 1. The Bertz CT molecular complexity index is 861. The van der Waals surface area contributed by atoms with Crippen LogP contribution in [0.5, 0.6) is 0 Å². The maximum atomic E-state index is 13.2. The van der Waals surface area contributed by atoms with Crippen molar-refractivity contribution in [3.63, 3.8) is 0 Å². The monoisotopic (exact) mass is 387 g/mol. The predicted octanol–water partition coefficient (Wildman–Crippen LogP) is 3.03. The molecule has 1 saturated carbocycles. The highest BCUT2D eigenvalue weighted by Gasteiger charge is 2.28. The summed E-state index contributed by atoms with van der Waals surface area (Å²) in [4.78, 5) is 16.6. The lowest BCUT2D eigenvalue weighted by molar-refractivity contribution is -0.120. The molecule has 0 spiro atoms. The van der Waals surface area contributed by atoms with Crippen molar-refractivity contribution >= 4 is 21.6 Å². The SMILES string of the molecule is Cc1ccc(N(CC(=O)NC2CCCCC2)S(=O)(=O)c2cccnc2)cc1. The molecule has 0 radical (unpaired) electrons. The summed E-state index contributed by atoms with van der Waals surface area (Å²) in [6.07, 6.45) is 8.11. The van der Waals surface area contributed by atoms with Crippen molar-refractivity contribution in [2.45, 2.75) is 50.0 Å². The molecule has 3 rings (SSSR count). The predicted molar refractivity (Wildman–Crippen MR) is 105 cm³/mol. The number of nitrogens with one attached hydrogen (secondary N) is 1. The van der Waals surface area contributed by atoms with E-state index in [1.807, 2.05) is 19.1 Å². The number of benzene rings is 1. The van der Waals surface area contributed by atoms with E-state index in [-0.39, 0.29) is 23.4 Å². The Labute approximate surface area is 160 Å². The molecule has 1 heterocycles. The van der Waals surface area contributed by atoms with Crippen molar-refractivity contribution in [3.05, 3.63) is 54.4 Å². The minimum atomic E-state index is -3.89. The van der Waals surface area contributed by atoms with Gasteiger partial charge >= 0.3 is 0 Å². The van der Waals surface area contributed by atoms with Gasteiger partial charge in [-0.25, -0.2) is 8.42 Å². The van der Waals surface area contributed by atoms with Crippen LogP contribution < -0.4 is 9.62 Å². The van der Waals surface area contributed by atoms with Gasteiger partial charge in [-0.1, -0.05) is 37.0 Å². The number of anilines is 1. The van der Waals surface area contributed by atoms with Gasteiger partial charge in [0.2, 0.25) is 5.91 Å². The van der Waals surface area contributed by atoms with Crippen LogP contribution in [-0.2, 0) is 14.8 Å². The van der Waals surface area contributed by atoms with Crippen molar-refractivity contribution < 1.29 is 13.2 Å². The van der Waals surface area contributed by atoms with E-state index in [4.69, 9.17) is 0 Å². The van der Waals surface area contributed by atoms with Gasteiger partial charge in [0.05, 0.1) is 5.69 Å². The Morgan fingerprint density at radius 3 is 2.48 bits per heavy atom. The molecule has 0 saturated heterocycles. The van der Waals surface area contributed by atoms with Crippen molar-refractivity contribution in [3.8, 4) is 0 Å². The third kappa shape index (κ3) is 4.86. The summed E-state index contributed by atoms with van der Waals surface area (Å²) in [7, 11) is -3.89. The lowest BCUT2D eigenvalue weighted by Gasteiger charge is -2.27. The summed E-state index contributed by atoms with van der Waals surface area (Å²) in [6.45, 7) is 1.68. The highest BCUT2D eigenvalue weighted by atomic mass is 32.2. The van der Waals surface area contributed by atoms with Crippen LogP contribution in [0.1, 0.15) is 37.7 Å². The van der Waals surface area contributed by atoms with E-state index in [0.717, 1.165) is 35.6 Å². The first-order chi connectivity index (χ1) is 13.0. The molecule has 27 heavy (non-hydrogen) atoms. The number of aromatic nitrogens is 1. The standard InChI is InChI=1S/C20H25N3O3S/c1-16-9-11-18(12-10-16)23(27(25,26)19-8-5-13-21-14-19)15-20(24)22-17-6-3-2-4-7-17/h5,8-14,17H,2-4,6-7,15H2,1H3,(H,22,24). The summed E-state index contributed by atoms with van der Waals surface area (Å²) in [5.41, 5.74) is 1.48. The quantitative estimate of drug-likeness (QED) is 0.826. The molecule has 1 aromatic carbocycles. The van der Waals surface area contributed by atoms with Gasteiger partial charge in [-0.3, -0.25) is 14.1 Å². The average Bonchev–Trinajstić information content (AvgIpc) is 2.68. The molecule has 1 amide bonds. The maximum Gasteiger partial charge on any atom is 0.266 e. The molecule has 1 aromatic heterocycles. The van der Waals surface area contributed by atoms with Gasteiger partial charge in [0.25, 0.3) is 10.0 Å². The molecular formula is C20H25N3O3S. The smallest absolute Gasteiger partial charge is 0.266 e. The lowest BCUT2D eigenvalue weighted by atomic mass is 9.95. The molecule has 0 bridgehead atoms. The Morgan fingerprint density at radius 2 is 1.85 bits per heavy atom. The first kappa shape index (κ1) is 19.4.